The molecule has 4 aromatic heterocycles. The highest BCUT2D eigenvalue weighted by molar-refractivity contribution is 5.97. The lowest BCUT2D eigenvalue weighted by atomic mass is 10.1. The molecule has 9 nitrogen and oxygen atoms in total. The number of aryl methyl sites for hydroxylation is 1. The Labute approximate surface area is 171 Å². The molecule has 0 bridgehead atoms. The molecule has 1 amide bonds. The number of H-pyrrole nitrogens is 1. The monoisotopic (exact) mass is 401 g/mol. The smallest absolute Gasteiger partial charge is 0.261 e. The minimum Gasteiger partial charge on any atom is -0.361 e. The van der Waals surface area contributed by atoms with Crippen molar-refractivity contribution in [2.24, 2.45) is 0 Å². The molecule has 4 heterocycles. The predicted molar refractivity (Wildman–Crippen MR) is 110 cm³/mol. The Kier molecular flexibility index (Phi) is 4.47. The number of hydrogen-bond acceptors (Lipinski definition) is 6. The van der Waals surface area contributed by atoms with Gasteiger partial charge in [0.25, 0.3) is 11.8 Å². The van der Waals surface area contributed by atoms with Gasteiger partial charge in [-0.3, -0.25) is 9.20 Å². The molecule has 5 aromatic rings. The molecule has 0 saturated heterocycles. The largest absolute Gasteiger partial charge is 0.361 e. The first-order chi connectivity index (χ1) is 14.7. The highest BCUT2D eigenvalue weighted by atomic mass is 16.5. The first-order valence-electron chi connectivity index (χ1n) is 9.74. The fourth-order valence-electron chi connectivity index (χ4n) is 3.39. The normalized spacial score (nSPS) is 11.4. The van der Waals surface area contributed by atoms with Crippen LogP contribution in [-0.2, 0) is 13.0 Å². The van der Waals surface area contributed by atoms with Crippen molar-refractivity contribution >= 4 is 22.5 Å². The summed E-state index contributed by atoms with van der Waals surface area (Å²) < 4.78 is 7.20. The quantitative estimate of drug-likeness (QED) is 0.452. The van der Waals surface area contributed by atoms with E-state index in [9.17, 15) is 4.79 Å². The molecule has 5 rings (SSSR count). The molecule has 0 fully saturated rings. The van der Waals surface area contributed by atoms with E-state index in [4.69, 9.17) is 4.52 Å². The Morgan fingerprint density at radius 1 is 1.23 bits per heavy atom. The number of nitrogens with one attached hydrogen (secondary N) is 2. The fourth-order valence-corrected chi connectivity index (χ4v) is 3.39. The zero-order valence-electron chi connectivity index (χ0n) is 16.3. The maximum atomic E-state index is 12.6. The van der Waals surface area contributed by atoms with Crippen LogP contribution < -0.4 is 5.32 Å². The van der Waals surface area contributed by atoms with E-state index in [0.717, 1.165) is 23.7 Å². The minimum atomic E-state index is -0.180. The molecule has 30 heavy (non-hydrogen) atoms. The van der Waals surface area contributed by atoms with Crippen molar-refractivity contribution in [2.45, 2.75) is 26.3 Å². The van der Waals surface area contributed by atoms with Crippen molar-refractivity contribution in [2.75, 3.05) is 0 Å². The van der Waals surface area contributed by atoms with Crippen molar-refractivity contribution < 1.29 is 9.32 Å². The molecule has 0 radical (unpaired) electrons. The number of hydrogen-bond donors (Lipinski definition) is 2. The number of pyridine rings is 1. The number of aromatic nitrogens is 6. The van der Waals surface area contributed by atoms with Crippen molar-refractivity contribution in [3.8, 4) is 11.5 Å². The number of nitrogens with zero attached hydrogens (tertiary/aromatic N) is 5. The van der Waals surface area contributed by atoms with Gasteiger partial charge in [0.05, 0.1) is 12.1 Å². The third-order valence-corrected chi connectivity index (χ3v) is 4.90. The van der Waals surface area contributed by atoms with E-state index < -0.39 is 0 Å². The van der Waals surface area contributed by atoms with Gasteiger partial charge in [0.2, 0.25) is 0 Å². The van der Waals surface area contributed by atoms with Crippen LogP contribution in [0.2, 0.25) is 0 Å². The Balaban J connectivity index is 1.37. The molecular weight excluding hydrogens is 382 g/mol. The van der Waals surface area contributed by atoms with Crippen molar-refractivity contribution in [3.05, 3.63) is 66.0 Å². The maximum Gasteiger partial charge on any atom is 0.261 e. The second-order valence-corrected chi connectivity index (χ2v) is 6.96. The maximum absolute atomic E-state index is 12.6. The van der Waals surface area contributed by atoms with Gasteiger partial charge in [0.15, 0.2) is 17.3 Å². The van der Waals surface area contributed by atoms with Crippen molar-refractivity contribution in [3.63, 3.8) is 0 Å². The van der Waals surface area contributed by atoms with Gasteiger partial charge in [0, 0.05) is 29.9 Å². The SMILES string of the molecule is CCCc1noc(-c2cccn3c(CNC(=O)c4ccc5cc[nH]c5c4)nnc23)n1. The molecule has 9 heteroatoms. The number of carbonyl (C=O) groups excluding carboxylic acids is 1. The summed E-state index contributed by atoms with van der Waals surface area (Å²) in [7, 11) is 0. The van der Waals surface area contributed by atoms with E-state index in [2.05, 4.69) is 37.6 Å². The van der Waals surface area contributed by atoms with Crippen molar-refractivity contribution in [1.82, 2.24) is 35.0 Å². The van der Waals surface area contributed by atoms with Crippen LogP contribution in [0.3, 0.4) is 0 Å². The Bertz CT molecular complexity index is 1350. The van der Waals surface area contributed by atoms with E-state index >= 15 is 0 Å². The summed E-state index contributed by atoms with van der Waals surface area (Å²) in [6.07, 6.45) is 5.38. The third-order valence-electron chi connectivity index (χ3n) is 4.90. The molecule has 2 N–H and O–H groups in total. The number of fused-ring (bicyclic) bond motifs is 2. The van der Waals surface area contributed by atoms with Crippen LogP contribution in [0.15, 0.2) is 53.3 Å². The molecule has 0 saturated carbocycles. The summed E-state index contributed by atoms with van der Waals surface area (Å²) >= 11 is 0. The minimum absolute atomic E-state index is 0.180. The van der Waals surface area contributed by atoms with E-state index in [1.807, 2.05) is 47.1 Å². The van der Waals surface area contributed by atoms with Crippen LogP contribution in [0.5, 0.6) is 0 Å². The van der Waals surface area contributed by atoms with Crippen LogP contribution in [0.4, 0.5) is 0 Å². The third kappa shape index (κ3) is 3.20. The number of rotatable bonds is 6. The molecule has 0 atom stereocenters. The van der Waals surface area contributed by atoms with Crippen LogP contribution in [0, 0.1) is 0 Å². The first-order valence-corrected chi connectivity index (χ1v) is 9.74. The lowest BCUT2D eigenvalue weighted by Gasteiger charge is -2.05. The number of aromatic amines is 1. The number of benzene rings is 1. The Morgan fingerprint density at radius 2 is 2.17 bits per heavy atom. The summed E-state index contributed by atoms with van der Waals surface area (Å²) in [6.45, 7) is 2.29. The molecule has 0 unspecified atom stereocenters. The number of carbonyl (C=O) groups is 1. The summed E-state index contributed by atoms with van der Waals surface area (Å²) in [6, 6.07) is 11.2. The first kappa shape index (κ1) is 18.0. The molecule has 0 aliphatic heterocycles. The van der Waals surface area contributed by atoms with E-state index in [1.54, 1.807) is 6.07 Å². The summed E-state index contributed by atoms with van der Waals surface area (Å²) in [5.41, 5.74) is 2.80. The number of amides is 1. The van der Waals surface area contributed by atoms with Gasteiger partial charge < -0.3 is 14.8 Å². The van der Waals surface area contributed by atoms with E-state index in [-0.39, 0.29) is 12.5 Å². The van der Waals surface area contributed by atoms with Crippen molar-refractivity contribution in [1.29, 1.82) is 0 Å². The standard InChI is InChI=1S/C21H19N7O2/c1-2-4-17-24-21(30-27-17)15-5-3-10-28-18(25-26-19(15)28)12-23-20(29)14-7-6-13-8-9-22-16(13)11-14/h3,5-11,22H,2,4,12H2,1H3,(H,23,29). The van der Waals surface area contributed by atoms with Gasteiger partial charge in [-0.05, 0) is 42.1 Å². The summed E-state index contributed by atoms with van der Waals surface area (Å²) in [5.74, 6) is 1.50. The summed E-state index contributed by atoms with van der Waals surface area (Å²) in [4.78, 5) is 20.1. The molecule has 150 valence electrons. The van der Waals surface area contributed by atoms with E-state index in [0.29, 0.717) is 34.3 Å². The lowest BCUT2D eigenvalue weighted by Crippen LogP contribution is -2.24. The van der Waals surface area contributed by atoms with Crippen LogP contribution >= 0.6 is 0 Å². The average Bonchev–Trinajstić information content (AvgIpc) is 3.51. The fraction of sp³-hybridized carbons (Fsp3) is 0.190. The highest BCUT2D eigenvalue weighted by Crippen LogP contribution is 2.22. The van der Waals surface area contributed by atoms with Gasteiger partial charge in [-0.1, -0.05) is 18.1 Å². The molecule has 1 aromatic carbocycles. The zero-order chi connectivity index (χ0) is 20.5. The van der Waals surface area contributed by atoms with Crippen LogP contribution in [0.25, 0.3) is 28.0 Å². The Morgan fingerprint density at radius 3 is 3.07 bits per heavy atom. The van der Waals surface area contributed by atoms with E-state index in [1.165, 1.54) is 0 Å². The van der Waals surface area contributed by atoms with Crippen LogP contribution in [0.1, 0.15) is 35.4 Å². The predicted octanol–water partition coefficient (Wildman–Crippen LogP) is 3.14. The summed E-state index contributed by atoms with van der Waals surface area (Å²) in [5, 5.41) is 16.5. The second-order valence-electron chi connectivity index (χ2n) is 6.96. The molecule has 0 spiro atoms. The van der Waals surface area contributed by atoms with Gasteiger partial charge in [-0.15, -0.1) is 10.2 Å². The average molecular weight is 401 g/mol. The van der Waals surface area contributed by atoms with Crippen LogP contribution in [-0.4, -0.2) is 35.6 Å². The highest BCUT2D eigenvalue weighted by Gasteiger charge is 2.16. The molecule has 0 aliphatic carbocycles. The van der Waals surface area contributed by atoms with Gasteiger partial charge in [0.1, 0.15) is 0 Å². The zero-order valence-corrected chi connectivity index (χ0v) is 16.3. The topological polar surface area (TPSA) is 114 Å². The van der Waals surface area contributed by atoms with Gasteiger partial charge in [-0.2, -0.15) is 4.98 Å². The molecule has 0 aliphatic rings. The van der Waals surface area contributed by atoms with Gasteiger partial charge >= 0.3 is 0 Å². The molecular formula is C21H19N7O2. The lowest BCUT2D eigenvalue weighted by molar-refractivity contribution is 0.0950. The van der Waals surface area contributed by atoms with Gasteiger partial charge in [-0.25, -0.2) is 0 Å². The Hall–Kier alpha value is -4.01. The second kappa shape index (κ2) is 7.43.